The number of hydrogen-bond donors (Lipinski definition) is 0. The minimum absolute atomic E-state index is 0.244. The maximum atomic E-state index is 13.5. The summed E-state index contributed by atoms with van der Waals surface area (Å²) in [5, 5.41) is 0.367. The molecule has 1 aromatic heterocycles. The van der Waals surface area contributed by atoms with E-state index in [2.05, 4.69) is 9.97 Å². The lowest BCUT2D eigenvalue weighted by molar-refractivity contribution is 0.181. The molecular weight excluding hydrogens is 287 g/mol. The van der Waals surface area contributed by atoms with Gasteiger partial charge in [-0.25, -0.2) is 14.4 Å². The van der Waals surface area contributed by atoms with Crippen LogP contribution in [0.15, 0.2) is 35.2 Å². The van der Waals surface area contributed by atoms with E-state index in [1.54, 1.807) is 31.4 Å². The summed E-state index contributed by atoms with van der Waals surface area (Å²) in [6, 6.07) is 8.26. The summed E-state index contributed by atoms with van der Waals surface area (Å²) in [5.41, 5.74) is 0.714. The molecule has 19 heavy (non-hydrogen) atoms. The number of ether oxygens (including phenoxy) is 1. The van der Waals surface area contributed by atoms with Gasteiger partial charge in [-0.2, -0.15) is 0 Å². The van der Waals surface area contributed by atoms with E-state index in [0.29, 0.717) is 33.9 Å². The second-order valence-electron chi connectivity index (χ2n) is 3.75. The molecule has 0 N–H and O–H groups in total. The van der Waals surface area contributed by atoms with Crippen LogP contribution in [0.4, 0.5) is 4.39 Å². The Balaban J connectivity index is 2.09. The van der Waals surface area contributed by atoms with Crippen molar-refractivity contribution in [1.82, 2.24) is 9.97 Å². The SMILES string of the molecule is COCc1cc(Cl)nc(CSc2ccccc2F)n1. The molecule has 0 aliphatic heterocycles. The zero-order chi connectivity index (χ0) is 13.7. The first-order chi connectivity index (χ1) is 9.19. The van der Waals surface area contributed by atoms with Crippen molar-refractivity contribution in [2.24, 2.45) is 0 Å². The summed E-state index contributed by atoms with van der Waals surface area (Å²) in [4.78, 5) is 8.99. The summed E-state index contributed by atoms with van der Waals surface area (Å²) in [7, 11) is 1.59. The second kappa shape index (κ2) is 6.84. The average molecular weight is 299 g/mol. The van der Waals surface area contributed by atoms with E-state index in [4.69, 9.17) is 16.3 Å². The average Bonchev–Trinajstić information content (AvgIpc) is 2.37. The summed E-state index contributed by atoms with van der Waals surface area (Å²) >= 11 is 7.24. The molecule has 1 aromatic carbocycles. The van der Waals surface area contributed by atoms with Gasteiger partial charge in [0.15, 0.2) is 0 Å². The van der Waals surface area contributed by atoms with Crippen LogP contribution < -0.4 is 0 Å². The van der Waals surface area contributed by atoms with Crippen molar-refractivity contribution in [1.29, 1.82) is 0 Å². The van der Waals surface area contributed by atoms with Crippen molar-refractivity contribution in [2.75, 3.05) is 7.11 Å². The molecule has 0 aliphatic rings. The minimum Gasteiger partial charge on any atom is -0.378 e. The standard InChI is InChI=1S/C13H12ClFN2OS/c1-18-7-9-6-12(14)17-13(16-9)8-19-11-5-3-2-4-10(11)15/h2-6H,7-8H2,1H3. The molecule has 0 saturated heterocycles. The van der Waals surface area contributed by atoms with Gasteiger partial charge in [0, 0.05) is 12.0 Å². The molecule has 0 bridgehead atoms. The smallest absolute Gasteiger partial charge is 0.140 e. The zero-order valence-corrected chi connectivity index (χ0v) is 11.8. The molecule has 1 heterocycles. The highest BCUT2D eigenvalue weighted by molar-refractivity contribution is 7.98. The molecule has 0 atom stereocenters. The molecule has 0 amide bonds. The lowest BCUT2D eigenvalue weighted by Gasteiger charge is -2.05. The van der Waals surface area contributed by atoms with E-state index in [0.717, 1.165) is 0 Å². The number of halogens is 2. The molecule has 0 fully saturated rings. The molecule has 0 spiro atoms. The molecule has 6 heteroatoms. The fourth-order valence-electron chi connectivity index (χ4n) is 1.51. The van der Waals surface area contributed by atoms with Crippen molar-refractivity contribution in [3.63, 3.8) is 0 Å². The molecule has 100 valence electrons. The number of thioether (sulfide) groups is 1. The lowest BCUT2D eigenvalue weighted by Crippen LogP contribution is -2.00. The largest absolute Gasteiger partial charge is 0.378 e. The van der Waals surface area contributed by atoms with Crippen LogP contribution in [0.5, 0.6) is 0 Å². The van der Waals surface area contributed by atoms with E-state index in [1.165, 1.54) is 17.8 Å². The summed E-state index contributed by atoms with van der Waals surface area (Å²) in [6.07, 6.45) is 0. The Morgan fingerprint density at radius 1 is 1.32 bits per heavy atom. The fraction of sp³-hybridized carbons (Fsp3) is 0.231. The zero-order valence-electron chi connectivity index (χ0n) is 10.3. The van der Waals surface area contributed by atoms with Crippen LogP contribution in [-0.4, -0.2) is 17.1 Å². The summed E-state index contributed by atoms with van der Waals surface area (Å²) in [5.74, 6) is 0.775. The van der Waals surface area contributed by atoms with Crippen LogP contribution in [0.25, 0.3) is 0 Å². The van der Waals surface area contributed by atoms with Crippen molar-refractivity contribution in [3.05, 3.63) is 52.8 Å². The van der Waals surface area contributed by atoms with Gasteiger partial charge < -0.3 is 4.74 Å². The molecule has 0 aliphatic carbocycles. The predicted molar refractivity (Wildman–Crippen MR) is 73.7 cm³/mol. The first-order valence-corrected chi connectivity index (χ1v) is 6.94. The van der Waals surface area contributed by atoms with Crippen molar-refractivity contribution < 1.29 is 9.13 Å². The quantitative estimate of drug-likeness (QED) is 0.623. The molecule has 2 rings (SSSR count). The van der Waals surface area contributed by atoms with E-state index in [1.807, 2.05) is 0 Å². The minimum atomic E-state index is -0.244. The summed E-state index contributed by atoms with van der Waals surface area (Å²) < 4.78 is 18.5. The van der Waals surface area contributed by atoms with E-state index in [-0.39, 0.29) is 5.82 Å². The predicted octanol–water partition coefficient (Wildman–Crippen LogP) is 3.71. The van der Waals surface area contributed by atoms with Gasteiger partial charge in [0.1, 0.15) is 16.8 Å². The van der Waals surface area contributed by atoms with Gasteiger partial charge in [-0.3, -0.25) is 0 Å². The van der Waals surface area contributed by atoms with Gasteiger partial charge in [-0.05, 0) is 18.2 Å². The molecule has 0 unspecified atom stereocenters. The second-order valence-corrected chi connectivity index (χ2v) is 5.15. The fourth-order valence-corrected chi connectivity index (χ4v) is 2.52. The normalized spacial score (nSPS) is 10.7. The van der Waals surface area contributed by atoms with Gasteiger partial charge >= 0.3 is 0 Å². The van der Waals surface area contributed by atoms with Crippen LogP contribution in [0.3, 0.4) is 0 Å². The van der Waals surface area contributed by atoms with Crippen LogP contribution >= 0.6 is 23.4 Å². The number of rotatable bonds is 5. The van der Waals surface area contributed by atoms with Gasteiger partial charge in [0.05, 0.1) is 18.1 Å². The third-order valence-corrected chi connectivity index (χ3v) is 3.52. The molecule has 3 nitrogen and oxygen atoms in total. The topological polar surface area (TPSA) is 35.0 Å². The van der Waals surface area contributed by atoms with Gasteiger partial charge in [0.2, 0.25) is 0 Å². The number of nitrogens with zero attached hydrogens (tertiary/aromatic N) is 2. The Hall–Kier alpha value is -1.17. The Morgan fingerprint density at radius 3 is 2.84 bits per heavy atom. The third-order valence-electron chi connectivity index (χ3n) is 2.28. The Labute approximate surface area is 120 Å². The van der Waals surface area contributed by atoms with Crippen LogP contribution in [0.1, 0.15) is 11.5 Å². The number of hydrogen-bond acceptors (Lipinski definition) is 4. The van der Waals surface area contributed by atoms with E-state index < -0.39 is 0 Å². The van der Waals surface area contributed by atoms with E-state index in [9.17, 15) is 4.39 Å². The monoisotopic (exact) mass is 298 g/mol. The first kappa shape index (κ1) is 14.2. The number of aromatic nitrogens is 2. The van der Waals surface area contributed by atoms with Crippen molar-refractivity contribution in [3.8, 4) is 0 Å². The van der Waals surface area contributed by atoms with Gasteiger partial charge in [0.25, 0.3) is 0 Å². The van der Waals surface area contributed by atoms with Crippen LogP contribution in [-0.2, 0) is 17.1 Å². The molecule has 0 saturated carbocycles. The maximum absolute atomic E-state index is 13.5. The van der Waals surface area contributed by atoms with E-state index >= 15 is 0 Å². The van der Waals surface area contributed by atoms with Crippen molar-refractivity contribution >= 4 is 23.4 Å². The highest BCUT2D eigenvalue weighted by atomic mass is 35.5. The third kappa shape index (κ3) is 4.16. The first-order valence-electron chi connectivity index (χ1n) is 5.57. The van der Waals surface area contributed by atoms with Crippen molar-refractivity contribution in [2.45, 2.75) is 17.3 Å². The highest BCUT2D eigenvalue weighted by Gasteiger charge is 2.06. The van der Waals surface area contributed by atoms with Crippen LogP contribution in [0, 0.1) is 5.82 Å². The Bertz CT molecular complexity index is 568. The number of benzene rings is 1. The number of methoxy groups -OCH3 is 1. The molecular formula is C13H12ClFN2OS. The highest BCUT2D eigenvalue weighted by Crippen LogP contribution is 2.24. The van der Waals surface area contributed by atoms with Crippen LogP contribution in [0.2, 0.25) is 5.15 Å². The van der Waals surface area contributed by atoms with Gasteiger partial charge in [-0.1, -0.05) is 23.7 Å². The molecule has 2 aromatic rings. The van der Waals surface area contributed by atoms with Gasteiger partial charge in [-0.15, -0.1) is 11.8 Å². The lowest BCUT2D eigenvalue weighted by atomic mass is 10.3. The Kier molecular flexibility index (Phi) is 5.13. The maximum Gasteiger partial charge on any atom is 0.140 e. The Morgan fingerprint density at radius 2 is 2.11 bits per heavy atom. The summed E-state index contributed by atoms with van der Waals surface area (Å²) in [6.45, 7) is 0.375. The molecule has 0 radical (unpaired) electrons.